The van der Waals surface area contributed by atoms with Crippen LogP contribution in [-0.2, 0) is 6.54 Å². The van der Waals surface area contributed by atoms with Crippen molar-refractivity contribution in [2.75, 3.05) is 26.7 Å². The van der Waals surface area contributed by atoms with Gasteiger partial charge in [-0.1, -0.05) is 30.3 Å². The van der Waals surface area contributed by atoms with Crippen molar-refractivity contribution < 1.29 is 9.53 Å². The van der Waals surface area contributed by atoms with Crippen LogP contribution in [-0.4, -0.2) is 49.6 Å². The van der Waals surface area contributed by atoms with Crippen LogP contribution in [0.2, 0.25) is 0 Å². The molecular weight excluding hydrogens is 491 g/mol. The van der Waals surface area contributed by atoms with Gasteiger partial charge in [-0.15, -0.1) is 24.0 Å². The Hall–Kier alpha value is -2.29. The molecule has 1 amide bonds. The van der Waals surface area contributed by atoms with Gasteiger partial charge in [-0.2, -0.15) is 0 Å². The minimum Gasteiger partial charge on any atom is -0.490 e. The third kappa shape index (κ3) is 6.90. The number of guanidine groups is 1. The fraction of sp³-hybridized carbons (Fsp3) is 0.391. The van der Waals surface area contributed by atoms with Crippen molar-refractivity contribution in [3.63, 3.8) is 0 Å². The van der Waals surface area contributed by atoms with E-state index in [1.807, 2.05) is 54.6 Å². The zero-order valence-electron chi connectivity index (χ0n) is 17.6. The minimum absolute atomic E-state index is 0. The molecule has 0 saturated carbocycles. The van der Waals surface area contributed by atoms with Crippen LogP contribution in [0, 0.1) is 0 Å². The number of piperidine rings is 1. The maximum Gasteiger partial charge on any atom is 0.251 e. The van der Waals surface area contributed by atoms with Gasteiger partial charge in [-0.25, -0.2) is 4.99 Å². The van der Waals surface area contributed by atoms with Gasteiger partial charge < -0.3 is 20.3 Å². The van der Waals surface area contributed by atoms with E-state index in [0.717, 1.165) is 49.7 Å². The van der Waals surface area contributed by atoms with Crippen LogP contribution < -0.4 is 15.4 Å². The molecule has 7 heteroatoms. The number of rotatable bonds is 6. The summed E-state index contributed by atoms with van der Waals surface area (Å²) in [7, 11) is 1.64. The van der Waals surface area contributed by atoms with Crippen LogP contribution >= 0.6 is 24.0 Å². The number of para-hydroxylation sites is 1. The highest BCUT2D eigenvalue weighted by Gasteiger charge is 2.22. The highest BCUT2D eigenvalue weighted by atomic mass is 127. The Balaban J connectivity index is 0.00000320. The second-order valence-corrected chi connectivity index (χ2v) is 7.06. The Labute approximate surface area is 196 Å². The van der Waals surface area contributed by atoms with Crippen molar-refractivity contribution in [3.05, 3.63) is 65.7 Å². The van der Waals surface area contributed by atoms with E-state index in [0.29, 0.717) is 12.1 Å². The van der Waals surface area contributed by atoms with Crippen molar-refractivity contribution in [2.45, 2.75) is 32.4 Å². The van der Waals surface area contributed by atoms with E-state index in [9.17, 15) is 4.79 Å². The normalized spacial score (nSPS) is 14.6. The number of benzene rings is 2. The fourth-order valence-electron chi connectivity index (χ4n) is 3.37. The number of nitrogens with zero attached hydrogens (tertiary/aromatic N) is 2. The molecule has 1 aliphatic rings. The summed E-state index contributed by atoms with van der Waals surface area (Å²) in [5, 5.41) is 6.03. The van der Waals surface area contributed by atoms with Crippen LogP contribution in [0.3, 0.4) is 0 Å². The average molecular weight is 522 g/mol. The molecule has 0 spiro atoms. The van der Waals surface area contributed by atoms with Crippen LogP contribution in [0.1, 0.15) is 35.7 Å². The second kappa shape index (κ2) is 12.4. The number of ether oxygens (including phenoxy) is 1. The monoisotopic (exact) mass is 522 g/mol. The molecule has 6 nitrogen and oxygen atoms in total. The summed E-state index contributed by atoms with van der Waals surface area (Å²) < 4.78 is 6.09. The average Bonchev–Trinajstić information content (AvgIpc) is 2.78. The van der Waals surface area contributed by atoms with Gasteiger partial charge in [0, 0.05) is 45.1 Å². The molecule has 2 aromatic carbocycles. The summed E-state index contributed by atoms with van der Waals surface area (Å²) in [5.74, 6) is 1.79. The zero-order chi connectivity index (χ0) is 20.5. The highest BCUT2D eigenvalue weighted by molar-refractivity contribution is 14.0. The van der Waals surface area contributed by atoms with Crippen LogP contribution in [0.4, 0.5) is 0 Å². The number of carbonyl (C=O) groups excluding carboxylic acids is 1. The lowest BCUT2D eigenvalue weighted by molar-refractivity contribution is 0.0963. The summed E-state index contributed by atoms with van der Waals surface area (Å²) in [6.45, 7) is 5.32. The molecule has 162 valence electrons. The van der Waals surface area contributed by atoms with Gasteiger partial charge in [0.25, 0.3) is 5.91 Å². The Kier molecular flexibility index (Phi) is 9.93. The van der Waals surface area contributed by atoms with Crippen molar-refractivity contribution in [3.8, 4) is 5.75 Å². The van der Waals surface area contributed by atoms with E-state index in [1.54, 1.807) is 7.05 Å². The molecule has 0 atom stereocenters. The summed E-state index contributed by atoms with van der Waals surface area (Å²) in [6.07, 6.45) is 2.19. The Morgan fingerprint density at radius 3 is 2.37 bits per heavy atom. The quantitative estimate of drug-likeness (QED) is 0.345. The molecule has 2 N–H and O–H groups in total. The Morgan fingerprint density at radius 2 is 1.77 bits per heavy atom. The maximum absolute atomic E-state index is 11.7. The lowest BCUT2D eigenvalue weighted by Gasteiger charge is -2.34. The first-order chi connectivity index (χ1) is 14.2. The van der Waals surface area contributed by atoms with E-state index in [4.69, 9.17) is 9.73 Å². The molecule has 1 saturated heterocycles. The molecule has 0 bridgehead atoms. The lowest BCUT2D eigenvalue weighted by atomic mass is 10.1. The standard InChI is InChI=1S/C23H30N4O2.HI/c1-3-25-23(26-17-18-9-11-19(12-10-18)22(28)24-2)27-15-13-21(14-16-27)29-20-7-5-4-6-8-20;/h4-12,21H,3,13-17H2,1-2H3,(H,24,28)(H,25,26);1H. The number of carbonyl (C=O) groups is 1. The number of hydrogen-bond donors (Lipinski definition) is 2. The third-order valence-corrected chi connectivity index (χ3v) is 4.98. The molecule has 0 aliphatic carbocycles. The largest absolute Gasteiger partial charge is 0.490 e. The first kappa shape index (κ1) is 24.0. The van der Waals surface area contributed by atoms with Gasteiger partial charge in [0.2, 0.25) is 0 Å². The van der Waals surface area contributed by atoms with Crippen molar-refractivity contribution in [2.24, 2.45) is 4.99 Å². The smallest absolute Gasteiger partial charge is 0.251 e. The molecule has 0 radical (unpaired) electrons. The van der Waals surface area contributed by atoms with E-state index in [2.05, 4.69) is 22.5 Å². The molecular formula is C23H31IN4O2. The van der Waals surface area contributed by atoms with E-state index < -0.39 is 0 Å². The van der Waals surface area contributed by atoms with Crippen LogP contribution in [0.15, 0.2) is 59.6 Å². The van der Waals surface area contributed by atoms with Gasteiger partial charge in [-0.05, 0) is 36.8 Å². The van der Waals surface area contributed by atoms with E-state index in [-0.39, 0.29) is 36.0 Å². The molecule has 2 aromatic rings. The summed E-state index contributed by atoms with van der Waals surface area (Å²) in [5.41, 5.74) is 1.74. The van der Waals surface area contributed by atoms with Gasteiger partial charge in [0.15, 0.2) is 5.96 Å². The van der Waals surface area contributed by atoms with Crippen LogP contribution in [0.25, 0.3) is 0 Å². The first-order valence-electron chi connectivity index (χ1n) is 10.3. The molecule has 1 fully saturated rings. The Morgan fingerprint density at radius 1 is 1.10 bits per heavy atom. The summed E-state index contributed by atoms with van der Waals surface area (Å²) >= 11 is 0. The molecule has 30 heavy (non-hydrogen) atoms. The van der Waals surface area contributed by atoms with E-state index >= 15 is 0 Å². The minimum atomic E-state index is -0.0750. The third-order valence-electron chi connectivity index (χ3n) is 4.98. The predicted molar refractivity (Wildman–Crippen MR) is 132 cm³/mol. The van der Waals surface area contributed by atoms with Gasteiger partial charge in [0.05, 0.1) is 6.54 Å². The molecule has 1 aliphatic heterocycles. The number of nitrogens with one attached hydrogen (secondary N) is 2. The number of hydrogen-bond acceptors (Lipinski definition) is 3. The van der Waals surface area contributed by atoms with Gasteiger partial charge in [0.1, 0.15) is 11.9 Å². The first-order valence-corrected chi connectivity index (χ1v) is 10.3. The van der Waals surface area contributed by atoms with E-state index in [1.165, 1.54) is 0 Å². The topological polar surface area (TPSA) is 66.0 Å². The van der Waals surface area contributed by atoms with Crippen molar-refractivity contribution in [1.82, 2.24) is 15.5 Å². The zero-order valence-corrected chi connectivity index (χ0v) is 20.0. The Bertz CT molecular complexity index is 804. The lowest BCUT2D eigenvalue weighted by Crippen LogP contribution is -2.47. The fourth-order valence-corrected chi connectivity index (χ4v) is 3.37. The van der Waals surface area contributed by atoms with Crippen molar-refractivity contribution in [1.29, 1.82) is 0 Å². The molecule has 0 unspecified atom stereocenters. The van der Waals surface area contributed by atoms with Crippen LogP contribution in [0.5, 0.6) is 5.75 Å². The second-order valence-electron chi connectivity index (χ2n) is 7.06. The summed E-state index contributed by atoms with van der Waals surface area (Å²) in [6, 6.07) is 17.6. The molecule has 0 aromatic heterocycles. The number of halogens is 1. The SMILES string of the molecule is CCNC(=NCc1ccc(C(=O)NC)cc1)N1CCC(Oc2ccccc2)CC1.I. The molecule has 3 rings (SSSR count). The van der Waals surface area contributed by atoms with Gasteiger partial charge in [-0.3, -0.25) is 4.79 Å². The number of aliphatic imine (C=N–C) groups is 1. The van der Waals surface area contributed by atoms with Crippen molar-refractivity contribution >= 4 is 35.8 Å². The summed E-state index contributed by atoms with van der Waals surface area (Å²) in [4.78, 5) is 18.8. The maximum atomic E-state index is 11.7. The highest BCUT2D eigenvalue weighted by Crippen LogP contribution is 2.19. The number of amides is 1. The predicted octanol–water partition coefficient (Wildman–Crippen LogP) is 3.67. The van der Waals surface area contributed by atoms with Gasteiger partial charge >= 0.3 is 0 Å². The number of likely N-dealkylation sites (tertiary alicyclic amines) is 1. The molecule has 1 heterocycles.